The number of benzene rings is 2. The lowest BCUT2D eigenvalue weighted by atomic mass is 10.1. The van der Waals surface area contributed by atoms with Crippen LogP contribution in [0.15, 0.2) is 42.5 Å². The van der Waals surface area contributed by atoms with Gasteiger partial charge in [0.2, 0.25) is 5.91 Å². The zero-order valence-corrected chi connectivity index (χ0v) is 15.6. The molecule has 2 aromatic carbocycles. The first-order chi connectivity index (χ1) is 12.5. The number of anilines is 2. The topological polar surface area (TPSA) is 61.4 Å². The van der Waals surface area contributed by atoms with Crippen LogP contribution in [0.4, 0.5) is 11.4 Å². The molecular weight excluding hydrogens is 373 g/mol. The average Bonchev–Trinajstić information content (AvgIpc) is 3.17. The van der Waals surface area contributed by atoms with Crippen molar-refractivity contribution in [3.05, 3.63) is 58.1 Å². The van der Waals surface area contributed by atoms with Gasteiger partial charge in [0.05, 0.1) is 16.6 Å². The summed E-state index contributed by atoms with van der Waals surface area (Å²) in [6.45, 7) is 1.66. The summed E-state index contributed by atoms with van der Waals surface area (Å²) in [5.41, 5.74) is 1.88. The molecule has 0 aromatic heterocycles. The fraction of sp³-hybridized carbons (Fsp3) is 0.263. The summed E-state index contributed by atoms with van der Waals surface area (Å²) in [6.07, 6.45) is 2.09. The van der Waals surface area contributed by atoms with Gasteiger partial charge in [0.25, 0.3) is 5.91 Å². The van der Waals surface area contributed by atoms with Gasteiger partial charge in [-0.25, -0.2) is 0 Å². The first-order valence-corrected chi connectivity index (χ1v) is 9.16. The number of hydrogen-bond acceptors (Lipinski definition) is 3. The van der Waals surface area contributed by atoms with Gasteiger partial charge >= 0.3 is 0 Å². The highest BCUT2D eigenvalue weighted by Crippen LogP contribution is 2.25. The summed E-state index contributed by atoms with van der Waals surface area (Å²) < 4.78 is 0. The lowest BCUT2D eigenvalue weighted by Gasteiger charge is -2.16. The molecule has 7 heteroatoms. The number of carbonyl (C=O) groups excluding carboxylic acids is 2. The van der Waals surface area contributed by atoms with E-state index in [0.717, 1.165) is 25.9 Å². The Hall–Kier alpha value is -2.24. The molecule has 0 radical (unpaired) electrons. The van der Waals surface area contributed by atoms with Crippen molar-refractivity contribution in [2.24, 2.45) is 0 Å². The van der Waals surface area contributed by atoms with Crippen LogP contribution in [-0.4, -0.2) is 36.3 Å². The Bertz CT molecular complexity index is 820. The molecule has 136 valence electrons. The van der Waals surface area contributed by atoms with E-state index in [4.69, 9.17) is 23.2 Å². The van der Waals surface area contributed by atoms with E-state index < -0.39 is 0 Å². The van der Waals surface area contributed by atoms with Gasteiger partial charge in [-0.05, 0) is 49.2 Å². The second-order valence-electron chi connectivity index (χ2n) is 6.11. The molecule has 3 rings (SSSR count). The zero-order chi connectivity index (χ0) is 18.5. The molecule has 26 heavy (non-hydrogen) atoms. The molecule has 1 aliphatic heterocycles. The molecule has 1 heterocycles. The molecule has 2 N–H and O–H groups in total. The number of nitrogens with one attached hydrogen (secondary N) is 2. The molecule has 0 saturated carbocycles. The Labute approximate surface area is 162 Å². The zero-order valence-electron chi connectivity index (χ0n) is 14.1. The molecule has 1 fully saturated rings. The van der Waals surface area contributed by atoms with Gasteiger partial charge in [-0.2, -0.15) is 0 Å². The first kappa shape index (κ1) is 18.5. The minimum Gasteiger partial charge on any atom is -0.376 e. The predicted molar refractivity (Wildman–Crippen MR) is 105 cm³/mol. The Balaban J connectivity index is 1.57. The van der Waals surface area contributed by atoms with Gasteiger partial charge in [0.15, 0.2) is 0 Å². The minimum atomic E-state index is -0.221. The maximum atomic E-state index is 12.4. The second-order valence-corrected chi connectivity index (χ2v) is 6.93. The highest BCUT2D eigenvalue weighted by Gasteiger charge is 2.19. The highest BCUT2D eigenvalue weighted by atomic mass is 35.5. The van der Waals surface area contributed by atoms with Crippen molar-refractivity contribution in [2.45, 2.75) is 12.8 Å². The fourth-order valence-corrected chi connectivity index (χ4v) is 3.12. The van der Waals surface area contributed by atoms with Crippen LogP contribution >= 0.6 is 23.2 Å². The van der Waals surface area contributed by atoms with Gasteiger partial charge in [-0.1, -0.05) is 29.3 Å². The molecule has 0 aliphatic carbocycles. The maximum absolute atomic E-state index is 12.4. The van der Waals surface area contributed by atoms with Gasteiger partial charge in [-0.3, -0.25) is 9.59 Å². The SMILES string of the molecule is O=C(CNc1ccc(Cl)c(Cl)c1)Nc1cccc(C(=O)N2CCCC2)c1. The molecule has 0 atom stereocenters. The summed E-state index contributed by atoms with van der Waals surface area (Å²) in [7, 11) is 0. The lowest BCUT2D eigenvalue weighted by molar-refractivity contribution is -0.114. The van der Waals surface area contributed by atoms with E-state index in [1.165, 1.54) is 0 Å². The lowest BCUT2D eigenvalue weighted by Crippen LogP contribution is -2.27. The Morgan fingerprint density at radius 2 is 1.73 bits per heavy atom. The number of likely N-dealkylation sites (tertiary alicyclic amines) is 1. The van der Waals surface area contributed by atoms with E-state index in [-0.39, 0.29) is 18.4 Å². The third-order valence-electron chi connectivity index (χ3n) is 4.16. The van der Waals surface area contributed by atoms with Crippen LogP contribution < -0.4 is 10.6 Å². The predicted octanol–water partition coefficient (Wildman–Crippen LogP) is 4.28. The second kappa shape index (κ2) is 8.43. The summed E-state index contributed by atoms with van der Waals surface area (Å²) in [4.78, 5) is 26.4. The van der Waals surface area contributed by atoms with Crippen LogP contribution in [-0.2, 0) is 4.79 Å². The van der Waals surface area contributed by atoms with Gasteiger partial charge < -0.3 is 15.5 Å². The van der Waals surface area contributed by atoms with E-state index in [1.807, 2.05) is 4.90 Å². The van der Waals surface area contributed by atoms with Crippen LogP contribution in [0.3, 0.4) is 0 Å². The first-order valence-electron chi connectivity index (χ1n) is 8.41. The van der Waals surface area contributed by atoms with Crippen molar-refractivity contribution in [3.8, 4) is 0 Å². The normalized spacial score (nSPS) is 13.5. The van der Waals surface area contributed by atoms with E-state index in [2.05, 4.69) is 10.6 Å². The molecule has 0 unspecified atom stereocenters. The Kier molecular flexibility index (Phi) is 6.01. The summed E-state index contributed by atoms with van der Waals surface area (Å²) in [5, 5.41) is 6.66. The number of carbonyl (C=O) groups is 2. The number of rotatable bonds is 5. The molecule has 1 saturated heterocycles. The highest BCUT2D eigenvalue weighted by molar-refractivity contribution is 6.42. The third-order valence-corrected chi connectivity index (χ3v) is 4.90. The number of hydrogen-bond donors (Lipinski definition) is 2. The summed E-state index contributed by atoms with van der Waals surface area (Å²) in [5.74, 6) is -0.214. The standard InChI is InChI=1S/C19H19Cl2N3O2/c20-16-7-6-14(11-17(16)21)22-12-18(25)23-15-5-3-4-13(10-15)19(26)24-8-1-2-9-24/h3-7,10-11,22H,1-2,8-9,12H2,(H,23,25). The number of amides is 2. The molecule has 5 nitrogen and oxygen atoms in total. The Morgan fingerprint density at radius 3 is 2.46 bits per heavy atom. The molecular formula is C19H19Cl2N3O2. The monoisotopic (exact) mass is 391 g/mol. The summed E-state index contributed by atoms with van der Waals surface area (Å²) in [6, 6.07) is 12.1. The van der Waals surface area contributed by atoms with Crippen molar-refractivity contribution in [1.29, 1.82) is 0 Å². The molecule has 1 aliphatic rings. The maximum Gasteiger partial charge on any atom is 0.253 e. The molecule has 2 aromatic rings. The van der Waals surface area contributed by atoms with Crippen molar-refractivity contribution < 1.29 is 9.59 Å². The van der Waals surface area contributed by atoms with E-state index in [1.54, 1.807) is 42.5 Å². The fourth-order valence-electron chi connectivity index (χ4n) is 2.83. The Morgan fingerprint density at radius 1 is 0.962 bits per heavy atom. The molecule has 0 spiro atoms. The van der Waals surface area contributed by atoms with Crippen LogP contribution in [0.25, 0.3) is 0 Å². The van der Waals surface area contributed by atoms with Gasteiger partial charge in [0.1, 0.15) is 0 Å². The van der Waals surface area contributed by atoms with Crippen molar-refractivity contribution in [2.75, 3.05) is 30.3 Å². The molecule has 2 amide bonds. The minimum absolute atomic E-state index is 0.00697. The van der Waals surface area contributed by atoms with Crippen LogP contribution in [0, 0.1) is 0 Å². The number of halogens is 2. The van der Waals surface area contributed by atoms with Crippen LogP contribution in [0.1, 0.15) is 23.2 Å². The average molecular weight is 392 g/mol. The van der Waals surface area contributed by atoms with Crippen molar-refractivity contribution >= 4 is 46.4 Å². The van der Waals surface area contributed by atoms with Crippen LogP contribution in [0.5, 0.6) is 0 Å². The van der Waals surface area contributed by atoms with E-state index in [9.17, 15) is 9.59 Å². The van der Waals surface area contributed by atoms with Crippen molar-refractivity contribution in [1.82, 2.24) is 4.90 Å². The smallest absolute Gasteiger partial charge is 0.253 e. The van der Waals surface area contributed by atoms with Crippen LogP contribution in [0.2, 0.25) is 10.0 Å². The summed E-state index contributed by atoms with van der Waals surface area (Å²) >= 11 is 11.8. The van der Waals surface area contributed by atoms with E-state index >= 15 is 0 Å². The quantitative estimate of drug-likeness (QED) is 0.799. The van der Waals surface area contributed by atoms with Crippen molar-refractivity contribution in [3.63, 3.8) is 0 Å². The van der Waals surface area contributed by atoms with Gasteiger partial charge in [-0.15, -0.1) is 0 Å². The van der Waals surface area contributed by atoms with E-state index in [0.29, 0.717) is 27.0 Å². The molecule has 0 bridgehead atoms. The number of nitrogens with zero attached hydrogens (tertiary/aromatic N) is 1. The van der Waals surface area contributed by atoms with Gasteiger partial charge in [0, 0.05) is 30.0 Å². The third kappa shape index (κ3) is 4.68. The largest absolute Gasteiger partial charge is 0.376 e.